The summed E-state index contributed by atoms with van der Waals surface area (Å²) in [5.41, 5.74) is 2.49. The largest absolute Gasteiger partial charge is 0.493 e. The first-order valence-electron chi connectivity index (χ1n) is 10.2. The summed E-state index contributed by atoms with van der Waals surface area (Å²) < 4.78 is 16.7. The zero-order valence-corrected chi connectivity index (χ0v) is 17.6. The second-order valence-corrected chi connectivity index (χ2v) is 7.02. The van der Waals surface area contributed by atoms with Crippen molar-refractivity contribution in [3.8, 4) is 11.5 Å². The van der Waals surface area contributed by atoms with Gasteiger partial charge in [0, 0.05) is 18.3 Å². The fourth-order valence-electron chi connectivity index (χ4n) is 3.49. The molecule has 0 aromatic heterocycles. The molecule has 0 aliphatic carbocycles. The SMILES string of the molecule is CCOCCOc1ccc(C2Nc3ccccc3C(=O)N2C(C)CC)cc1OC. The summed E-state index contributed by atoms with van der Waals surface area (Å²) in [5, 5.41) is 3.53. The molecule has 1 N–H and O–H groups in total. The molecule has 0 fully saturated rings. The van der Waals surface area contributed by atoms with E-state index >= 15 is 0 Å². The standard InChI is InChI=1S/C23H30N2O4/c1-5-16(3)25-22(24-19-10-8-7-9-18(19)23(25)26)17-11-12-20(21(15-17)27-4)29-14-13-28-6-2/h7-12,15-16,22,24H,5-6,13-14H2,1-4H3. The molecule has 2 unspecified atom stereocenters. The minimum Gasteiger partial charge on any atom is -0.493 e. The molecule has 1 aliphatic heterocycles. The van der Waals surface area contributed by atoms with Crippen molar-refractivity contribution < 1.29 is 19.0 Å². The quantitative estimate of drug-likeness (QED) is 0.631. The van der Waals surface area contributed by atoms with Crippen LogP contribution in [0.5, 0.6) is 11.5 Å². The molecular weight excluding hydrogens is 368 g/mol. The number of fused-ring (bicyclic) bond motifs is 1. The lowest BCUT2D eigenvalue weighted by molar-refractivity contribution is 0.0593. The third kappa shape index (κ3) is 4.48. The first-order valence-corrected chi connectivity index (χ1v) is 10.2. The molecule has 6 nitrogen and oxygen atoms in total. The number of rotatable bonds is 9. The van der Waals surface area contributed by atoms with Crippen molar-refractivity contribution >= 4 is 11.6 Å². The van der Waals surface area contributed by atoms with E-state index in [4.69, 9.17) is 14.2 Å². The fourth-order valence-corrected chi connectivity index (χ4v) is 3.49. The molecule has 29 heavy (non-hydrogen) atoms. The lowest BCUT2D eigenvalue weighted by Gasteiger charge is -2.41. The molecule has 0 spiro atoms. The van der Waals surface area contributed by atoms with Gasteiger partial charge in [-0.15, -0.1) is 0 Å². The number of nitrogens with one attached hydrogen (secondary N) is 1. The van der Waals surface area contributed by atoms with Crippen molar-refractivity contribution in [1.82, 2.24) is 4.90 Å². The summed E-state index contributed by atoms with van der Waals surface area (Å²) in [6, 6.07) is 13.5. The highest BCUT2D eigenvalue weighted by Gasteiger charge is 2.35. The molecular formula is C23H30N2O4. The van der Waals surface area contributed by atoms with E-state index in [2.05, 4.69) is 19.2 Å². The summed E-state index contributed by atoms with van der Waals surface area (Å²) in [6.07, 6.45) is 0.584. The number of amides is 1. The van der Waals surface area contributed by atoms with Crippen LogP contribution in [-0.2, 0) is 4.74 Å². The van der Waals surface area contributed by atoms with Gasteiger partial charge in [0.25, 0.3) is 5.91 Å². The van der Waals surface area contributed by atoms with Gasteiger partial charge in [-0.2, -0.15) is 0 Å². The van der Waals surface area contributed by atoms with Crippen molar-refractivity contribution in [2.75, 3.05) is 32.2 Å². The summed E-state index contributed by atoms with van der Waals surface area (Å²) in [7, 11) is 1.62. The Labute approximate surface area is 172 Å². The Bertz CT molecular complexity index is 839. The Balaban J connectivity index is 1.91. The number of carbonyl (C=O) groups is 1. The maximum Gasteiger partial charge on any atom is 0.258 e. The highest BCUT2D eigenvalue weighted by atomic mass is 16.5. The Morgan fingerprint density at radius 1 is 1.10 bits per heavy atom. The van der Waals surface area contributed by atoms with Gasteiger partial charge >= 0.3 is 0 Å². The maximum atomic E-state index is 13.2. The van der Waals surface area contributed by atoms with E-state index in [9.17, 15) is 4.79 Å². The summed E-state index contributed by atoms with van der Waals surface area (Å²) in [5.74, 6) is 1.33. The fraction of sp³-hybridized carbons (Fsp3) is 0.435. The minimum atomic E-state index is -0.279. The Kier molecular flexibility index (Phi) is 6.99. The van der Waals surface area contributed by atoms with Gasteiger partial charge in [0.2, 0.25) is 0 Å². The Morgan fingerprint density at radius 3 is 2.62 bits per heavy atom. The van der Waals surface area contributed by atoms with Crippen molar-refractivity contribution in [1.29, 1.82) is 0 Å². The molecule has 1 heterocycles. The number of para-hydroxylation sites is 1. The number of hydrogen-bond donors (Lipinski definition) is 1. The van der Waals surface area contributed by atoms with Crippen LogP contribution in [0.1, 0.15) is 49.3 Å². The van der Waals surface area contributed by atoms with Gasteiger partial charge in [0.05, 0.1) is 19.3 Å². The van der Waals surface area contributed by atoms with Crippen LogP contribution in [-0.4, -0.2) is 43.8 Å². The van der Waals surface area contributed by atoms with E-state index < -0.39 is 0 Å². The molecule has 3 rings (SSSR count). The molecule has 2 aromatic rings. The van der Waals surface area contributed by atoms with Crippen LogP contribution in [0.3, 0.4) is 0 Å². The van der Waals surface area contributed by atoms with Crippen LogP contribution in [0.15, 0.2) is 42.5 Å². The van der Waals surface area contributed by atoms with Crippen molar-refractivity contribution in [3.05, 3.63) is 53.6 Å². The van der Waals surface area contributed by atoms with Crippen LogP contribution in [0.25, 0.3) is 0 Å². The topological polar surface area (TPSA) is 60.0 Å². The van der Waals surface area contributed by atoms with Crippen LogP contribution >= 0.6 is 0 Å². The van der Waals surface area contributed by atoms with E-state index in [0.717, 1.165) is 17.7 Å². The van der Waals surface area contributed by atoms with Gasteiger partial charge in [-0.1, -0.05) is 25.1 Å². The van der Waals surface area contributed by atoms with Crippen LogP contribution in [0.2, 0.25) is 0 Å². The third-order valence-corrected chi connectivity index (χ3v) is 5.22. The number of methoxy groups -OCH3 is 1. The first-order chi connectivity index (χ1) is 14.1. The number of benzene rings is 2. The first kappa shape index (κ1) is 21.0. The Morgan fingerprint density at radius 2 is 1.90 bits per heavy atom. The van der Waals surface area contributed by atoms with E-state index in [1.165, 1.54) is 0 Å². The average Bonchev–Trinajstić information content (AvgIpc) is 2.76. The molecule has 1 amide bonds. The van der Waals surface area contributed by atoms with Gasteiger partial charge in [0.1, 0.15) is 12.8 Å². The lowest BCUT2D eigenvalue weighted by Crippen LogP contribution is -2.47. The van der Waals surface area contributed by atoms with Crippen LogP contribution in [0, 0.1) is 0 Å². The van der Waals surface area contributed by atoms with Crippen LogP contribution < -0.4 is 14.8 Å². The zero-order chi connectivity index (χ0) is 20.8. The number of hydrogen-bond acceptors (Lipinski definition) is 5. The molecule has 156 valence electrons. The predicted molar refractivity (Wildman–Crippen MR) is 114 cm³/mol. The zero-order valence-electron chi connectivity index (χ0n) is 17.6. The molecule has 0 saturated heterocycles. The van der Waals surface area contributed by atoms with Gasteiger partial charge < -0.3 is 24.4 Å². The number of carbonyl (C=O) groups excluding carboxylic acids is 1. The van der Waals surface area contributed by atoms with Crippen molar-refractivity contribution in [2.24, 2.45) is 0 Å². The molecule has 6 heteroatoms. The number of ether oxygens (including phenoxy) is 3. The van der Waals surface area contributed by atoms with E-state index in [1.54, 1.807) is 7.11 Å². The minimum absolute atomic E-state index is 0.0368. The van der Waals surface area contributed by atoms with Gasteiger partial charge in [0.15, 0.2) is 11.5 Å². The van der Waals surface area contributed by atoms with Crippen molar-refractivity contribution in [3.63, 3.8) is 0 Å². The predicted octanol–water partition coefficient (Wildman–Crippen LogP) is 4.48. The second kappa shape index (κ2) is 9.65. The Hall–Kier alpha value is -2.73. The number of nitrogens with zero attached hydrogens (tertiary/aromatic N) is 1. The normalized spacial score (nSPS) is 16.8. The molecule has 0 radical (unpaired) electrons. The highest BCUT2D eigenvalue weighted by molar-refractivity contribution is 6.01. The van der Waals surface area contributed by atoms with Gasteiger partial charge in [-0.05, 0) is 50.1 Å². The molecule has 0 bridgehead atoms. The van der Waals surface area contributed by atoms with Crippen molar-refractivity contribution in [2.45, 2.75) is 39.4 Å². The smallest absolute Gasteiger partial charge is 0.258 e. The summed E-state index contributed by atoms with van der Waals surface area (Å²) >= 11 is 0. The lowest BCUT2D eigenvalue weighted by atomic mass is 10.0. The highest BCUT2D eigenvalue weighted by Crippen LogP contribution is 2.38. The van der Waals surface area contributed by atoms with Gasteiger partial charge in [-0.3, -0.25) is 4.79 Å². The van der Waals surface area contributed by atoms with Crippen LogP contribution in [0.4, 0.5) is 5.69 Å². The van der Waals surface area contributed by atoms with E-state index in [1.807, 2.05) is 54.3 Å². The second-order valence-electron chi connectivity index (χ2n) is 7.02. The van der Waals surface area contributed by atoms with E-state index in [-0.39, 0.29) is 18.1 Å². The third-order valence-electron chi connectivity index (χ3n) is 5.22. The molecule has 2 aromatic carbocycles. The summed E-state index contributed by atoms with van der Waals surface area (Å²) in [6.45, 7) is 7.76. The summed E-state index contributed by atoms with van der Waals surface area (Å²) in [4.78, 5) is 15.2. The monoisotopic (exact) mass is 398 g/mol. The molecule has 2 atom stereocenters. The average molecular weight is 399 g/mol. The maximum absolute atomic E-state index is 13.2. The van der Waals surface area contributed by atoms with E-state index in [0.29, 0.717) is 36.9 Å². The molecule has 0 saturated carbocycles. The molecule has 1 aliphatic rings. The van der Waals surface area contributed by atoms with Gasteiger partial charge in [-0.25, -0.2) is 0 Å². The number of anilines is 1.